The topological polar surface area (TPSA) is 94.9 Å². The van der Waals surface area contributed by atoms with Gasteiger partial charge in [-0.05, 0) is 6.42 Å². The minimum Gasteiger partial charge on any atom is -0.480 e. The smallest absolute Gasteiger partial charge is 0.326 e. The summed E-state index contributed by atoms with van der Waals surface area (Å²) in [6.07, 6.45) is 21.3. The monoisotopic (exact) mass is 453 g/mol. The van der Waals surface area contributed by atoms with E-state index >= 15 is 0 Å². The number of nitrogens with zero attached hydrogens (tertiary/aromatic N) is 1. The van der Waals surface area contributed by atoms with Gasteiger partial charge in [-0.1, -0.05) is 122 Å². The average Bonchev–Trinajstić information content (AvgIpc) is 3.01. The number of aliphatic hydroxyl groups excluding tert-OH is 1. The Hall–Kier alpha value is -1.43. The van der Waals surface area contributed by atoms with Crippen molar-refractivity contribution >= 4 is 17.8 Å². The van der Waals surface area contributed by atoms with E-state index in [2.05, 4.69) is 6.92 Å². The Morgan fingerprint density at radius 1 is 0.781 bits per heavy atom. The molecule has 0 aromatic rings. The number of rotatable bonds is 21. The van der Waals surface area contributed by atoms with Gasteiger partial charge in [0.2, 0.25) is 5.91 Å². The molecule has 6 nitrogen and oxygen atoms in total. The Bertz CT molecular complexity index is 536. The Morgan fingerprint density at radius 3 is 1.47 bits per heavy atom. The number of hydrogen-bond donors (Lipinski definition) is 2. The van der Waals surface area contributed by atoms with Crippen LogP contribution >= 0.6 is 0 Å². The molecule has 1 heterocycles. The van der Waals surface area contributed by atoms with Crippen molar-refractivity contribution in [2.75, 3.05) is 0 Å². The van der Waals surface area contributed by atoms with Crippen molar-refractivity contribution in [2.24, 2.45) is 0 Å². The minimum absolute atomic E-state index is 0.262. The summed E-state index contributed by atoms with van der Waals surface area (Å²) in [4.78, 5) is 35.9. The molecule has 0 saturated carbocycles. The summed E-state index contributed by atoms with van der Waals surface area (Å²) in [7, 11) is 0. The van der Waals surface area contributed by atoms with Crippen molar-refractivity contribution in [1.82, 2.24) is 4.90 Å². The van der Waals surface area contributed by atoms with Crippen molar-refractivity contribution in [2.45, 2.75) is 147 Å². The summed E-state index contributed by atoms with van der Waals surface area (Å²) in [5, 5.41) is 18.9. The number of imide groups is 1. The predicted octanol–water partition coefficient (Wildman–Crippen LogP) is 5.99. The van der Waals surface area contributed by atoms with Crippen molar-refractivity contribution < 1.29 is 24.6 Å². The van der Waals surface area contributed by atoms with Crippen molar-refractivity contribution in [1.29, 1.82) is 0 Å². The van der Waals surface area contributed by atoms with Crippen LogP contribution in [0.3, 0.4) is 0 Å². The highest BCUT2D eigenvalue weighted by molar-refractivity contribution is 6.07. The minimum atomic E-state index is -1.38. The van der Waals surface area contributed by atoms with E-state index in [-0.39, 0.29) is 12.8 Å². The van der Waals surface area contributed by atoms with E-state index in [9.17, 15) is 24.6 Å². The highest BCUT2D eigenvalue weighted by Gasteiger charge is 2.43. The molecule has 0 radical (unpaired) electrons. The van der Waals surface area contributed by atoms with Crippen molar-refractivity contribution in [3.8, 4) is 0 Å². The molecule has 32 heavy (non-hydrogen) atoms. The first kappa shape index (κ1) is 28.6. The highest BCUT2D eigenvalue weighted by atomic mass is 16.4. The van der Waals surface area contributed by atoms with Crippen molar-refractivity contribution in [3.05, 3.63) is 0 Å². The number of carbonyl (C=O) groups is 3. The van der Waals surface area contributed by atoms with Crippen LogP contribution in [0.4, 0.5) is 0 Å². The number of hydrogen-bond acceptors (Lipinski definition) is 4. The SMILES string of the molecule is CCCCCCCCCCCCCCCCCCCCC(C(=O)O)N1C(=O)CC(O)C1=O. The summed E-state index contributed by atoms with van der Waals surface area (Å²) >= 11 is 0. The number of amides is 2. The summed E-state index contributed by atoms with van der Waals surface area (Å²) < 4.78 is 0. The zero-order valence-electron chi connectivity index (χ0n) is 20.4. The number of carboxylic acids is 1. The third-order valence-electron chi connectivity index (χ3n) is 6.59. The molecule has 2 unspecified atom stereocenters. The quantitative estimate of drug-likeness (QED) is 0.164. The molecule has 0 aromatic carbocycles. The highest BCUT2D eigenvalue weighted by Crippen LogP contribution is 2.21. The third-order valence-corrected chi connectivity index (χ3v) is 6.59. The number of aliphatic carboxylic acids is 1. The number of likely N-dealkylation sites (tertiary alicyclic amines) is 1. The van der Waals surface area contributed by atoms with Crippen LogP contribution in [0.25, 0.3) is 0 Å². The van der Waals surface area contributed by atoms with Gasteiger partial charge in [-0.25, -0.2) is 4.79 Å². The summed E-state index contributed by atoms with van der Waals surface area (Å²) in [6, 6.07) is -1.15. The van der Waals surface area contributed by atoms with Gasteiger partial charge in [0, 0.05) is 0 Å². The van der Waals surface area contributed by atoms with Gasteiger partial charge in [0.15, 0.2) is 0 Å². The Kier molecular flexibility index (Phi) is 16.1. The standard InChI is InChI=1S/C26H47NO5/c1-2-3-4-5-6-7-8-9-10-11-12-13-14-15-16-17-18-19-20-22(26(31)32)27-24(29)21-23(28)25(27)30/h22-23,28H,2-21H2,1H3,(H,31,32). The molecule has 1 saturated heterocycles. The van der Waals surface area contributed by atoms with Gasteiger partial charge < -0.3 is 10.2 Å². The van der Waals surface area contributed by atoms with Crippen LogP contribution in [-0.2, 0) is 14.4 Å². The molecule has 1 aliphatic heterocycles. The molecule has 1 aliphatic rings. The van der Waals surface area contributed by atoms with E-state index in [1.807, 2.05) is 0 Å². The van der Waals surface area contributed by atoms with Gasteiger partial charge in [0.1, 0.15) is 12.1 Å². The zero-order chi connectivity index (χ0) is 23.6. The van der Waals surface area contributed by atoms with Gasteiger partial charge in [0.05, 0.1) is 6.42 Å². The Labute approximate surface area is 195 Å². The van der Waals surface area contributed by atoms with Crippen LogP contribution < -0.4 is 0 Å². The van der Waals surface area contributed by atoms with Crippen LogP contribution in [0.5, 0.6) is 0 Å². The summed E-state index contributed by atoms with van der Waals surface area (Å²) in [6.45, 7) is 2.26. The van der Waals surface area contributed by atoms with E-state index in [1.165, 1.54) is 89.9 Å². The van der Waals surface area contributed by atoms with Crippen LogP contribution in [-0.4, -0.2) is 45.0 Å². The van der Waals surface area contributed by atoms with Crippen molar-refractivity contribution in [3.63, 3.8) is 0 Å². The summed E-state index contributed by atoms with van der Waals surface area (Å²) in [5.41, 5.74) is 0. The first-order valence-corrected chi connectivity index (χ1v) is 13.3. The van der Waals surface area contributed by atoms with E-state index in [0.717, 1.165) is 24.2 Å². The number of aliphatic hydroxyl groups is 1. The Balaban J connectivity index is 1.92. The molecule has 0 bridgehead atoms. The average molecular weight is 454 g/mol. The second kappa shape index (κ2) is 18.0. The number of carboxylic acid groups (broad SMARTS) is 1. The lowest BCUT2D eigenvalue weighted by molar-refractivity contribution is -0.155. The van der Waals surface area contributed by atoms with E-state index < -0.39 is 29.9 Å². The zero-order valence-corrected chi connectivity index (χ0v) is 20.4. The molecule has 0 spiro atoms. The van der Waals surface area contributed by atoms with Gasteiger partial charge >= 0.3 is 5.97 Å². The molecule has 1 rings (SSSR count). The molecule has 186 valence electrons. The normalized spacial score (nSPS) is 17.3. The maximum Gasteiger partial charge on any atom is 0.326 e. The molecule has 1 fully saturated rings. The Morgan fingerprint density at radius 2 is 1.16 bits per heavy atom. The van der Waals surface area contributed by atoms with Gasteiger partial charge in [-0.3, -0.25) is 14.5 Å². The molecule has 2 atom stereocenters. The first-order valence-electron chi connectivity index (χ1n) is 13.3. The molecule has 0 aliphatic carbocycles. The molecular formula is C26H47NO5. The number of unbranched alkanes of at least 4 members (excludes halogenated alkanes) is 17. The van der Waals surface area contributed by atoms with Crippen LogP contribution in [0.15, 0.2) is 0 Å². The van der Waals surface area contributed by atoms with Crippen LogP contribution in [0, 0.1) is 0 Å². The first-order chi connectivity index (χ1) is 15.5. The summed E-state index contributed by atoms with van der Waals surface area (Å²) in [5.74, 6) is -2.53. The largest absolute Gasteiger partial charge is 0.480 e. The maximum absolute atomic E-state index is 11.8. The van der Waals surface area contributed by atoms with E-state index in [1.54, 1.807) is 0 Å². The lowest BCUT2D eigenvalue weighted by Gasteiger charge is -2.22. The molecule has 6 heteroatoms. The number of carbonyl (C=O) groups excluding carboxylic acids is 2. The second-order valence-electron chi connectivity index (χ2n) is 9.48. The fourth-order valence-corrected chi connectivity index (χ4v) is 4.56. The molecule has 2 amide bonds. The molecule has 2 N–H and O–H groups in total. The lowest BCUT2D eigenvalue weighted by Crippen LogP contribution is -2.45. The molecule has 0 aromatic heterocycles. The van der Waals surface area contributed by atoms with Crippen LogP contribution in [0.1, 0.15) is 135 Å². The van der Waals surface area contributed by atoms with E-state index in [4.69, 9.17) is 0 Å². The predicted molar refractivity (Wildman–Crippen MR) is 127 cm³/mol. The van der Waals surface area contributed by atoms with Gasteiger partial charge in [0.25, 0.3) is 5.91 Å². The maximum atomic E-state index is 11.8. The van der Waals surface area contributed by atoms with Gasteiger partial charge in [-0.2, -0.15) is 0 Å². The fraction of sp³-hybridized carbons (Fsp3) is 0.885. The molecular weight excluding hydrogens is 406 g/mol. The van der Waals surface area contributed by atoms with E-state index in [0.29, 0.717) is 6.42 Å². The fourth-order valence-electron chi connectivity index (χ4n) is 4.56. The van der Waals surface area contributed by atoms with Gasteiger partial charge in [-0.15, -0.1) is 0 Å². The third kappa shape index (κ3) is 12.0. The van der Waals surface area contributed by atoms with Crippen LogP contribution in [0.2, 0.25) is 0 Å². The lowest BCUT2D eigenvalue weighted by atomic mass is 10.0. The second-order valence-corrected chi connectivity index (χ2v) is 9.48.